The van der Waals surface area contributed by atoms with Crippen molar-refractivity contribution in [2.45, 2.75) is 13.2 Å². The van der Waals surface area contributed by atoms with E-state index in [0.29, 0.717) is 11.0 Å². The zero-order valence-corrected chi connectivity index (χ0v) is 10.5. The second kappa shape index (κ2) is 7.29. The van der Waals surface area contributed by atoms with Gasteiger partial charge in [0.2, 0.25) is 0 Å². The molecule has 0 aliphatic carbocycles. The van der Waals surface area contributed by atoms with Gasteiger partial charge in [0, 0.05) is 0 Å². The van der Waals surface area contributed by atoms with Crippen molar-refractivity contribution in [3.05, 3.63) is 0 Å². The van der Waals surface area contributed by atoms with E-state index in [-0.39, 0.29) is 6.61 Å². The van der Waals surface area contributed by atoms with Gasteiger partial charge in [-0.3, -0.25) is 4.52 Å². The molecule has 0 saturated carbocycles. The van der Waals surface area contributed by atoms with Crippen LogP contribution >= 0.6 is 7.82 Å². The van der Waals surface area contributed by atoms with Crippen LogP contribution in [0.5, 0.6) is 0 Å². The first kappa shape index (κ1) is 17.4. The summed E-state index contributed by atoms with van der Waals surface area (Å²) in [5, 5.41) is 7.83. The molecule has 0 heterocycles. The van der Waals surface area contributed by atoms with Crippen LogP contribution in [0, 0.1) is 0 Å². The summed E-state index contributed by atoms with van der Waals surface area (Å²) >= 11 is 0. The molecule has 1 atom stereocenters. The van der Waals surface area contributed by atoms with Crippen molar-refractivity contribution in [1.82, 2.24) is 0 Å². The predicted octanol–water partition coefficient (Wildman–Crippen LogP) is -0.915. The third-order valence-electron chi connectivity index (χ3n) is 1.02. The van der Waals surface area contributed by atoms with Gasteiger partial charge in [0.25, 0.3) is 0 Å². The SMILES string of the molecule is CC(N)O.C[N+](C)(C)CCOP(=O)(O)O. The fourth-order valence-corrected chi connectivity index (χ4v) is 0.753. The fraction of sp³-hybridized carbons (Fsp3) is 1.00. The van der Waals surface area contributed by atoms with Crippen molar-refractivity contribution >= 4 is 7.82 Å². The first-order valence-electron chi connectivity index (χ1n) is 4.38. The maximum atomic E-state index is 10.2. The first-order chi connectivity index (χ1) is 6.44. The maximum absolute atomic E-state index is 10.2. The van der Waals surface area contributed by atoms with E-state index in [9.17, 15) is 4.57 Å². The molecule has 0 aromatic rings. The molecule has 0 saturated heterocycles. The molecule has 0 spiro atoms. The summed E-state index contributed by atoms with van der Waals surface area (Å²) in [5.41, 5.74) is 4.67. The molecule has 5 N–H and O–H groups in total. The standard InChI is InChI=1S/C5H14NO4P.C2H7NO/c1-6(2,3)4-5-10-11(7,8)9;1-2(3)4/h4-5H2,1-3H3,(H-,7,8,9);2,4H,3H2,1H3/p+1. The minimum absolute atomic E-state index is 0.0772. The van der Waals surface area contributed by atoms with Crippen molar-refractivity contribution in [1.29, 1.82) is 0 Å². The summed E-state index contributed by atoms with van der Waals surface area (Å²) in [6, 6.07) is 0. The Morgan fingerprint density at radius 1 is 1.40 bits per heavy atom. The van der Waals surface area contributed by atoms with Gasteiger partial charge in [-0.1, -0.05) is 0 Å². The second-order valence-corrected chi connectivity index (χ2v) is 5.32. The van der Waals surface area contributed by atoms with E-state index in [1.165, 1.54) is 6.92 Å². The third kappa shape index (κ3) is 31.5. The molecular weight excluding hydrogens is 223 g/mol. The van der Waals surface area contributed by atoms with Crippen LogP contribution < -0.4 is 5.73 Å². The van der Waals surface area contributed by atoms with Gasteiger partial charge in [0.15, 0.2) is 0 Å². The Morgan fingerprint density at radius 3 is 1.93 bits per heavy atom. The van der Waals surface area contributed by atoms with Gasteiger partial charge >= 0.3 is 7.82 Å². The largest absolute Gasteiger partial charge is 0.469 e. The van der Waals surface area contributed by atoms with E-state index < -0.39 is 14.1 Å². The number of aliphatic hydroxyl groups excluding tert-OH is 1. The Kier molecular flexibility index (Phi) is 8.45. The van der Waals surface area contributed by atoms with Crippen molar-refractivity contribution in [3.63, 3.8) is 0 Å². The van der Waals surface area contributed by atoms with Gasteiger partial charge in [0.05, 0.1) is 27.4 Å². The second-order valence-electron chi connectivity index (χ2n) is 4.08. The number of phosphoric acid groups is 1. The zero-order chi connectivity index (χ0) is 12.7. The van der Waals surface area contributed by atoms with Crippen molar-refractivity contribution in [2.75, 3.05) is 34.3 Å². The molecule has 8 heteroatoms. The fourth-order valence-electron chi connectivity index (χ4n) is 0.434. The van der Waals surface area contributed by atoms with Crippen LogP contribution in [0.3, 0.4) is 0 Å². The summed E-state index contributed by atoms with van der Waals surface area (Å²) in [5.74, 6) is 0. The smallest absolute Gasteiger partial charge is 0.379 e. The molecule has 15 heavy (non-hydrogen) atoms. The number of quaternary nitrogens is 1. The molecule has 7 nitrogen and oxygen atoms in total. The lowest BCUT2D eigenvalue weighted by Gasteiger charge is -2.23. The van der Waals surface area contributed by atoms with Crippen molar-refractivity contribution < 1.29 is 28.5 Å². The number of hydrogen-bond donors (Lipinski definition) is 4. The Labute approximate surface area is 90.3 Å². The highest BCUT2D eigenvalue weighted by atomic mass is 31.2. The Morgan fingerprint density at radius 2 is 1.73 bits per heavy atom. The molecule has 94 valence electrons. The topological polar surface area (TPSA) is 113 Å². The number of phosphoric ester groups is 1. The number of rotatable bonds is 4. The lowest BCUT2D eigenvalue weighted by atomic mass is 10.5. The van der Waals surface area contributed by atoms with Crippen LogP contribution in [0.2, 0.25) is 0 Å². The lowest BCUT2D eigenvalue weighted by molar-refractivity contribution is -0.870. The number of nitrogens with zero attached hydrogens (tertiary/aromatic N) is 1. The average Bonchev–Trinajstić information content (AvgIpc) is 1.77. The molecule has 0 aliphatic rings. The summed E-state index contributed by atoms with van der Waals surface area (Å²) < 4.78 is 15.1. The first-order valence-corrected chi connectivity index (χ1v) is 5.91. The van der Waals surface area contributed by atoms with Crippen molar-refractivity contribution in [3.8, 4) is 0 Å². The van der Waals surface area contributed by atoms with E-state index in [1.807, 2.05) is 21.1 Å². The quantitative estimate of drug-likeness (QED) is 0.289. The van der Waals surface area contributed by atoms with Crippen LogP contribution in [0.25, 0.3) is 0 Å². The van der Waals surface area contributed by atoms with E-state index in [0.717, 1.165) is 0 Å². The molecule has 0 aromatic carbocycles. The van der Waals surface area contributed by atoms with Gasteiger partial charge in [-0.2, -0.15) is 0 Å². The van der Waals surface area contributed by atoms with Gasteiger partial charge < -0.3 is 25.1 Å². The molecule has 1 unspecified atom stereocenters. The van der Waals surface area contributed by atoms with Crippen LogP contribution in [-0.2, 0) is 9.09 Å². The number of aliphatic hydroxyl groups is 1. The summed E-state index contributed by atoms with van der Waals surface area (Å²) in [6.45, 7) is 2.15. The number of hydrogen-bond acceptors (Lipinski definition) is 4. The van der Waals surface area contributed by atoms with E-state index in [2.05, 4.69) is 10.3 Å². The molecule has 0 rings (SSSR count). The van der Waals surface area contributed by atoms with Gasteiger partial charge in [0.1, 0.15) is 13.2 Å². The Bertz CT molecular complexity index is 195. The van der Waals surface area contributed by atoms with Gasteiger partial charge in [-0.25, -0.2) is 4.57 Å². The summed E-state index contributed by atoms with van der Waals surface area (Å²) in [7, 11) is 1.50. The molecule has 0 amide bonds. The Hall–Kier alpha value is -0.0100. The monoisotopic (exact) mass is 245 g/mol. The Balaban J connectivity index is 0. The van der Waals surface area contributed by atoms with Crippen LogP contribution in [-0.4, -0.2) is 59.9 Å². The minimum atomic E-state index is -4.26. The van der Waals surface area contributed by atoms with Crippen LogP contribution in [0.15, 0.2) is 0 Å². The normalized spacial score (nSPS) is 14.1. The average molecular weight is 245 g/mol. The maximum Gasteiger partial charge on any atom is 0.469 e. The van der Waals surface area contributed by atoms with Gasteiger partial charge in [-0.15, -0.1) is 0 Å². The molecule has 0 bridgehead atoms. The van der Waals surface area contributed by atoms with E-state index in [1.54, 1.807) is 0 Å². The van der Waals surface area contributed by atoms with Crippen LogP contribution in [0.4, 0.5) is 0 Å². The number of nitrogens with two attached hydrogens (primary N) is 1. The van der Waals surface area contributed by atoms with Crippen LogP contribution in [0.1, 0.15) is 6.92 Å². The highest BCUT2D eigenvalue weighted by Crippen LogP contribution is 2.35. The number of likely N-dealkylation sites (N-methyl/N-ethyl adjacent to an activating group) is 1. The predicted molar refractivity (Wildman–Crippen MR) is 56.8 cm³/mol. The summed E-state index contributed by atoms with van der Waals surface area (Å²) in [4.78, 5) is 16.6. The lowest BCUT2D eigenvalue weighted by Crippen LogP contribution is -2.37. The minimum Gasteiger partial charge on any atom is -0.379 e. The molecule has 0 radical (unpaired) electrons. The zero-order valence-electron chi connectivity index (χ0n) is 9.62. The van der Waals surface area contributed by atoms with E-state index in [4.69, 9.17) is 14.9 Å². The third-order valence-corrected chi connectivity index (χ3v) is 1.54. The molecule has 0 aliphatic heterocycles. The molecule has 0 fully saturated rings. The highest BCUT2D eigenvalue weighted by molar-refractivity contribution is 7.46. The molecular formula is C7H22N2O5P+. The van der Waals surface area contributed by atoms with Gasteiger partial charge in [-0.05, 0) is 6.92 Å². The van der Waals surface area contributed by atoms with E-state index >= 15 is 0 Å². The van der Waals surface area contributed by atoms with Crippen molar-refractivity contribution in [2.24, 2.45) is 5.73 Å². The highest BCUT2D eigenvalue weighted by Gasteiger charge is 2.15. The molecule has 0 aromatic heterocycles. The summed E-state index contributed by atoms with van der Waals surface area (Å²) in [6.07, 6.45) is -0.667.